The number of aromatic amines is 1. The highest BCUT2D eigenvalue weighted by molar-refractivity contribution is 8.08. The van der Waals surface area contributed by atoms with E-state index >= 15 is 0 Å². The van der Waals surface area contributed by atoms with Crippen LogP contribution in [0, 0.1) is 6.92 Å². The number of rotatable bonds is 5. The van der Waals surface area contributed by atoms with Gasteiger partial charge in [0.05, 0.1) is 12.7 Å². The van der Waals surface area contributed by atoms with Gasteiger partial charge in [0, 0.05) is 41.7 Å². The van der Waals surface area contributed by atoms with Gasteiger partial charge in [-0.15, -0.1) is 0 Å². The molecule has 3 N–H and O–H groups in total. The van der Waals surface area contributed by atoms with Crippen LogP contribution in [0.5, 0.6) is 0 Å². The maximum Gasteiger partial charge on any atom is 0.221 e. The summed E-state index contributed by atoms with van der Waals surface area (Å²) in [6.45, 7) is 4.09. The highest BCUT2D eigenvalue weighted by Crippen LogP contribution is 2.34. The van der Waals surface area contributed by atoms with E-state index in [1.165, 1.54) is 6.92 Å². The molecule has 1 aliphatic heterocycles. The normalized spacial score (nSPS) is 13.1. The molecule has 0 aliphatic carbocycles. The van der Waals surface area contributed by atoms with Crippen molar-refractivity contribution in [1.29, 1.82) is 0 Å². The van der Waals surface area contributed by atoms with Crippen LogP contribution in [-0.2, 0) is 11.3 Å². The van der Waals surface area contributed by atoms with Gasteiger partial charge in [-0.05, 0) is 31.2 Å². The van der Waals surface area contributed by atoms with Crippen LogP contribution in [0.3, 0.4) is 0 Å². The minimum absolute atomic E-state index is 0.0798. The first kappa shape index (κ1) is 17.2. The summed E-state index contributed by atoms with van der Waals surface area (Å²) < 4.78 is 2.07. The zero-order chi connectivity index (χ0) is 18.8. The van der Waals surface area contributed by atoms with Crippen LogP contribution in [0.2, 0.25) is 0 Å². The third-order valence-electron chi connectivity index (χ3n) is 3.89. The molecule has 0 fully saturated rings. The fourth-order valence-corrected chi connectivity index (χ4v) is 3.70. The van der Waals surface area contributed by atoms with Gasteiger partial charge in [-0.25, -0.2) is 4.98 Å². The van der Waals surface area contributed by atoms with E-state index in [9.17, 15) is 4.79 Å². The number of imidazole rings is 1. The lowest BCUT2D eigenvalue weighted by molar-refractivity contribution is -0.114. The Morgan fingerprint density at radius 2 is 2.11 bits per heavy atom. The molecule has 0 saturated heterocycles. The smallest absolute Gasteiger partial charge is 0.221 e. The predicted octanol–water partition coefficient (Wildman–Crippen LogP) is 3.26. The van der Waals surface area contributed by atoms with E-state index in [1.807, 2.05) is 54.7 Å². The van der Waals surface area contributed by atoms with Gasteiger partial charge in [-0.2, -0.15) is 5.10 Å². The summed E-state index contributed by atoms with van der Waals surface area (Å²) in [5.41, 5.74) is 5.06. The number of aromatic nitrogens is 4. The standard InChI is InChI=1S/C18H19N7OS/c1-12-9-16(22-21-12)23-24-10-17-19-7-8-25(17)18(11-24)27-15-5-3-14(4-6-15)20-13(2)26/h3-9,11H,10H2,1-2H3,(H,20,26)(H2,21,22,23). The minimum atomic E-state index is -0.0798. The maximum absolute atomic E-state index is 11.2. The molecule has 8 nitrogen and oxygen atoms in total. The summed E-state index contributed by atoms with van der Waals surface area (Å²) >= 11 is 1.62. The van der Waals surface area contributed by atoms with Crippen LogP contribution >= 0.6 is 11.8 Å². The number of nitrogens with one attached hydrogen (secondary N) is 3. The van der Waals surface area contributed by atoms with Crippen molar-refractivity contribution in [2.45, 2.75) is 25.3 Å². The van der Waals surface area contributed by atoms with Gasteiger partial charge in [-0.1, -0.05) is 11.8 Å². The Bertz CT molecular complexity index is 989. The van der Waals surface area contributed by atoms with Crippen molar-refractivity contribution >= 4 is 34.2 Å². The van der Waals surface area contributed by atoms with Crippen molar-refractivity contribution in [3.63, 3.8) is 0 Å². The zero-order valence-electron chi connectivity index (χ0n) is 14.9. The topological polar surface area (TPSA) is 90.9 Å². The maximum atomic E-state index is 11.2. The van der Waals surface area contributed by atoms with Gasteiger partial charge in [-0.3, -0.25) is 24.9 Å². The highest BCUT2D eigenvalue weighted by Gasteiger charge is 2.19. The summed E-state index contributed by atoms with van der Waals surface area (Å²) in [6.07, 6.45) is 5.78. The number of nitrogens with zero attached hydrogens (tertiary/aromatic N) is 4. The first-order valence-corrected chi connectivity index (χ1v) is 9.24. The number of thioether (sulfide) groups is 1. The third kappa shape index (κ3) is 3.98. The van der Waals surface area contributed by atoms with E-state index in [2.05, 4.69) is 30.5 Å². The van der Waals surface area contributed by atoms with E-state index < -0.39 is 0 Å². The number of fused-ring (bicyclic) bond motifs is 1. The van der Waals surface area contributed by atoms with Crippen molar-refractivity contribution in [2.75, 3.05) is 10.7 Å². The third-order valence-corrected chi connectivity index (χ3v) is 4.91. The van der Waals surface area contributed by atoms with Crippen LogP contribution in [0.25, 0.3) is 5.03 Å². The minimum Gasteiger partial charge on any atom is -0.326 e. The van der Waals surface area contributed by atoms with Crippen LogP contribution in [0.15, 0.2) is 53.8 Å². The van der Waals surface area contributed by atoms with Gasteiger partial charge in [0.1, 0.15) is 10.9 Å². The quantitative estimate of drug-likeness (QED) is 0.628. The second kappa shape index (κ2) is 7.20. The first-order chi connectivity index (χ1) is 13.1. The van der Waals surface area contributed by atoms with E-state index in [0.717, 1.165) is 32.9 Å². The average molecular weight is 381 g/mol. The molecule has 4 rings (SSSR count). The van der Waals surface area contributed by atoms with Crippen LogP contribution in [0.4, 0.5) is 11.5 Å². The molecule has 0 bridgehead atoms. The fraction of sp³-hybridized carbons (Fsp3) is 0.167. The number of hydrogen-bond donors (Lipinski definition) is 3. The van der Waals surface area contributed by atoms with E-state index in [4.69, 9.17) is 0 Å². The molecule has 9 heteroatoms. The number of benzene rings is 1. The fourth-order valence-electron chi connectivity index (χ4n) is 2.75. The lowest BCUT2D eigenvalue weighted by atomic mass is 10.3. The molecular weight excluding hydrogens is 362 g/mol. The molecule has 1 aromatic carbocycles. The van der Waals surface area contributed by atoms with Crippen LogP contribution < -0.4 is 10.7 Å². The summed E-state index contributed by atoms with van der Waals surface area (Å²) in [5, 5.41) is 12.9. The molecule has 1 amide bonds. The molecular formula is C18H19N7OS. The molecule has 3 aromatic rings. The molecule has 0 atom stereocenters. The van der Waals surface area contributed by atoms with Gasteiger partial charge < -0.3 is 5.32 Å². The number of carbonyl (C=O) groups is 1. The van der Waals surface area contributed by atoms with Crippen molar-refractivity contribution in [3.05, 3.63) is 60.4 Å². The number of hydrazine groups is 1. The number of anilines is 2. The molecule has 27 heavy (non-hydrogen) atoms. The lowest BCUT2D eigenvalue weighted by Crippen LogP contribution is -2.29. The predicted molar refractivity (Wildman–Crippen MR) is 106 cm³/mol. The van der Waals surface area contributed by atoms with E-state index in [0.29, 0.717) is 6.54 Å². The summed E-state index contributed by atoms with van der Waals surface area (Å²) in [7, 11) is 0. The lowest BCUT2D eigenvalue weighted by Gasteiger charge is -2.27. The monoisotopic (exact) mass is 381 g/mol. The molecule has 138 valence electrons. The van der Waals surface area contributed by atoms with Gasteiger partial charge >= 0.3 is 0 Å². The molecule has 0 saturated carbocycles. The van der Waals surface area contributed by atoms with Crippen LogP contribution in [-0.4, -0.2) is 30.7 Å². The Hall–Kier alpha value is -3.20. The Labute approximate surface area is 160 Å². The second-order valence-electron chi connectivity index (χ2n) is 6.16. The summed E-state index contributed by atoms with van der Waals surface area (Å²) in [4.78, 5) is 16.7. The average Bonchev–Trinajstić information content (AvgIpc) is 3.25. The van der Waals surface area contributed by atoms with E-state index in [-0.39, 0.29) is 5.91 Å². The van der Waals surface area contributed by atoms with Crippen molar-refractivity contribution in [2.24, 2.45) is 0 Å². The van der Waals surface area contributed by atoms with E-state index in [1.54, 1.807) is 18.0 Å². The largest absolute Gasteiger partial charge is 0.326 e. The summed E-state index contributed by atoms with van der Waals surface area (Å²) in [5.74, 6) is 1.62. The van der Waals surface area contributed by atoms with Gasteiger partial charge in [0.15, 0.2) is 5.82 Å². The molecule has 3 heterocycles. The van der Waals surface area contributed by atoms with Gasteiger partial charge in [0.25, 0.3) is 0 Å². The zero-order valence-corrected chi connectivity index (χ0v) is 15.7. The number of H-pyrrole nitrogens is 1. The first-order valence-electron chi connectivity index (χ1n) is 8.42. The van der Waals surface area contributed by atoms with Crippen molar-refractivity contribution in [1.82, 2.24) is 24.8 Å². The molecule has 2 aromatic heterocycles. The molecule has 0 radical (unpaired) electrons. The summed E-state index contributed by atoms with van der Waals surface area (Å²) in [6, 6.07) is 9.70. The van der Waals surface area contributed by atoms with Gasteiger partial charge in [0.2, 0.25) is 5.91 Å². The highest BCUT2D eigenvalue weighted by atomic mass is 32.2. The number of aryl methyl sites for hydroxylation is 1. The molecule has 0 unspecified atom stereocenters. The van der Waals surface area contributed by atoms with Crippen molar-refractivity contribution < 1.29 is 4.79 Å². The van der Waals surface area contributed by atoms with Crippen LogP contribution in [0.1, 0.15) is 18.4 Å². The Morgan fingerprint density at radius 3 is 2.81 bits per heavy atom. The SMILES string of the molecule is CC(=O)Nc1ccc(SC2=CN(Nc3cc(C)[nH]n3)Cc3nccn32)cc1. The molecule has 0 spiro atoms. The number of carbonyl (C=O) groups excluding carboxylic acids is 1. The second-order valence-corrected chi connectivity index (χ2v) is 7.26. The number of hydrogen-bond acceptors (Lipinski definition) is 6. The Kier molecular flexibility index (Phi) is 4.59. The Balaban J connectivity index is 1.54. The molecule has 1 aliphatic rings. The Morgan fingerprint density at radius 1 is 1.30 bits per heavy atom. The van der Waals surface area contributed by atoms with Crippen molar-refractivity contribution in [3.8, 4) is 0 Å². The number of amides is 1.